The van der Waals surface area contributed by atoms with Crippen molar-refractivity contribution in [2.24, 2.45) is 0 Å². The standard InChI is InChI=1S/C23H28N6O2/c1-15(2)29-20-10-13-28(23-24-11-5-12-25-23)14-19(20)27-21(29)22(30)26-17-6-8-18(9-7-17)31-16(3)4/h5-9,11-12,15-16H,10,13-14H2,1-4H3,(H,26,30). The number of hydrogen-bond donors (Lipinski definition) is 1. The molecule has 4 rings (SSSR count). The van der Waals surface area contributed by atoms with Gasteiger partial charge in [0.1, 0.15) is 5.75 Å². The maximum absolute atomic E-state index is 13.1. The van der Waals surface area contributed by atoms with Crippen LogP contribution in [0, 0.1) is 0 Å². The first kappa shape index (κ1) is 20.8. The van der Waals surface area contributed by atoms with E-state index < -0.39 is 0 Å². The fourth-order valence-corrected chi connectivity index (χ4v) is 3.82. The van der Waals surface area contributed by atoms with Crippen LogP contribution in [0.1, 0.15) is 55.7 Å². The summed E-state index contributed by atoms with van der Waals surface area (Å²) in [5.74, 6) is 1.67. The lowest BCUT2D eigenvalue weighted by molar-refractivity contribution is 0.101. The average molecular weight is 421 g/mol. The Balaban J connectivity index is 1.56. The predicted octanol–water partition coefficient (Wildman–Crippen LogP) is 3.86. The zero-order valence-electron chi connectivity index (χ0n) is 18.4. The van der Waals surface area contributed by atoms with Gasteiger partial charge in [0.15, 0.2) is 5.82 Å². The van der Waals surface area contributed by atoms with Crippen LogP contribution in [-0.4, -0.2) is 38.1 Å². The lowest BCUT2D eigenvalue weighted by Crippen LogP contribution is -2.32. The molecule has 0 saturated heterocycles. The topological polar surface area (TPSA) is 85.2 Å². The number of aromatic nitrogens is 4. The maximum atomic E-state index is 13.1. The Morgan fingerprint density at radius 3 is 2.45 bits per heavy atom. The van der Waals surface area contributed by atoms with Crippen LogP contribution < -0.4 is 15.0 Å². The highest BCUT2D eigenvalue weighted by atomic mass is 16.5. The van der Waals surface area contributed by atoms with Crippen LogP contribution in [0.5, 0.6) is 5.75 Å². The summed E-state index contributed by atoms with van der Waals surface area (Å²) in [6.45, 7) is 9.48. The van der Waals surface area contributed by atoms with Crippen LogP contribution in [-0.2, 0) is 13.0 Å². The van der Waals surface area contributed by atoms with Gasteiger partial charge in [0.25, 0.3) is 5.91 Å². The maximum Gasteiger partial charge on any atom is 0.291 e. The summed E-state index contributed by atoms with van der Waals surface area (Å²) >= 11 is 0. The highest BCUT2D eigenvalue weighted by molar-refractivity contribution is 6.02. The van der Waals surface area contributed by atoms with E-state index in [0.29, 0.717) is 24.0 Å². The molecule has 0 radical (unpaired) electrons. The van der Waals surface area contributed by atoms with E-state index in [-0.39, 0.29) is 18.1 Å². The first-order chi connectivity index (χ1) is 14.9. The van der Waals surface area contributed by atoms with Crippen molar-refractivity contribution in [1.29, 1.82) is 0 Å². The van der Waals surface area contributed by atoms with E-state index in [9.17, 15) is 4.79 Å². The van der Waals surface area contributed by atoms with E-state index in [2.05, 4.69) is 34.0 Å². The van der Waals surface area contributed by atoms with Crippen molar-refractivity contribution in [1.82, 2.24) is 19.5 Å². The third-order valence-electron chi connectivity index (χ3n) is 5.09. The number of amides is 1. The van der Waals surface area contributed by atoms with Crippen molar-refractivity contribution in [2.75, 3.05) is 16.8 Å². The average Bonchev–Trinajstić information content (AvgIpc) is 3.14. The Kier molecular flexibility index (Phi) is 5.88. The zero-order valence-corrected chi connectivity index (χ0v) is 18.4. The van der Waals surface area contributed by atoms with Gasteiger partial charge >= 0.3 is 0 Å². The van der Waals surface area contributed by atoms with Crippen LogP contribution in [0.15, 0.2) is 42.7 Å². The molecule has 0 spiro atoms. The summed E-state index contributed by atoms with van der Waals surface area (Å²) in [6, 6.07) is 9.31. The van der Waals surface area contributed by atoms with E-state index >= 15 is 0 Å². The highest BCUT2D eigenvalue weighted by Gasteiger charge is 2.28. The van der Waals surface area contributed by atoms with E-state index in [1.54, 1.807) is 18.5 Å². The van der Waals surface area contributed by atoms with E-state index in [1.165, 1.54) is 0 Å². The predicted molar refractivity (Wildman–Crippen MR) is 120 cm³/mol. The van der Waals surface area contributed by atoms with Gasteiger partial charge in [-0.05, 0) is 58.0 Å². The van der Waals surface area contributed by atoms with Crippen LogP contribution in [0.4, 0.5) is 11.6 Å². The van der Waals surface area contributed by atoms with Crippen molar-refractivity contribution in [2.45, 2.75) is 52.8 Å². The minimum atomic E-state index is -0.219. The summed E-state index contributed by atoms with van der Waals surface area (Å²) in [7, 11) is 0. The largest absolute Gasteiger partial charge is 0.491 e. The van der Waals surface area contributed by atoms with Gasteiger partial charge in [0.2, 0.25) is 5.95 Å². The lowest BCUT2D eigenvalue weighted by atomic mass is 10.1. The van der Waals surface area contributed by atoms with E-state index in [0.717, 1.165) is 30.1 Å². The fraction of sp³-hybridized carbons (Fsp3) is 0.391. The molecular formula is C23H28N6O2. The molecule has 1 aliphatic rings. The number of carbonyl (C=O) groups excluding carboxylic acids is 1. The second-order valence-corrected chi connectivity index (χ2v) is 8.16. The molecule has 1 N–H and O–H groups in total. The molecule has 0 unspecified atom stereocenters. The molecule has 0 aliphatic carbocycles. The van der Waals surface area contributed by atoms with Crippen LogP contribution >= 0.6 is 0 Å². The molecule has 3 heterocycles. The number of nitrogens with one attached hydrogen (secondary N) is 1. The quantitative estimate of drug-likeness (QED) is 0.652. The monoisotopic (exact) mass is 420 g/mol. The fourth-order valence-electron chi connectivity index (χ4n) is 3.82. The third-order valence-corrected chi connectivity index (χ3v) is 5.09. The summed E-state index contributed by atoms with van der Waals surface area (Å²) in [5.41, 5.74) is 2.71. The van der Waals surface area contributed by atoms with Crippen molar-refractivity contribution < 1.29 is 9.53 Å². The number of carbonyl (C=O) groups is 1. The van der Waals surface area contributed by atoms with E-state index in [1.807, 2.05) is 42.7 Å². The molecule has 2 aromatic heterocycles. The van der Waals surface area contributed by atoms with Gasteiger partial charge in [-0.25, -0.2) is 15.0 Å². The Hall–Kier alpha value is -3.42. The normalized spacial score (nSPS) is 13.4. The van der Waals surface area contributed by atoms with Crippen LogP contribution in [0.2, 0.25) is 0 Å². The summed E-state index contributed by atoms with van der Waals surface area (Å²) in [6.07, 6.45) is 4.36. The van der Waals surface area contributed by atoms with Gasteiger partial charge in [-0.1, -0.05) is 0 Å². The van der Waals surface area contributed by atoms with Crippen LogP contribution in [0.3, 0.4) is 0 Å². The third kappa shape index (κ3) is 4.52. The summed E-state index contributed by atoms with van der Waals surface area (Å²) in [5, 5.41) is 2.97. The molecule has 1 amide bonds. The first-order valence-electron chi connectivity index (χ1n) is 10.6. The number of benzene rings is 1. The minimum absolute atomic E-state index is 0.103. The number of rotatable bonds is 6. The summed E-state index contributed by atoms with van der Waals surface area (Å²) < 4.78 is 7.71. The van der Waals surface area contributed by atoms with Gasteiger partial charge < -0.3 is 19.5 Å². The second-order valence-electron chi connectivity index (χ2n) is 8.16. The number of imidazole rings is 1. The molecule has 1 aromatic carbocycles. The van der Waals surface area contributed by atoms with Crippen molar-refractivity contribution in [3.05, 3.63) is 59.9 Å². The number of anilines is 2. The van der Waals surface area contributed by atoms with Gasteiger partial charge in [-0.15, -0.1) is 0 Å². The second kappa shape index (κ2) is 8.75. The highest BCUT2D eigenvalue weighted by Crippen LogP contribution is 2.26. The van der Waals surface area contributed by atoms with Crippen LogP contribution in [0.25, 0.3) is 0 Å². The first-order valence-corrected chi connectivity index (χ1v) is 10.6. The SMILES string of the molecule is CC(C)Oc1ccc(NC(=O)c2nc3c(n2C(C)C)CCN(c2ncccn2)C3)cc1. The molecule has 0 saturated carbocycles. The molecule has 0 bridgehead atoms. The smallest absolute Gasteiger partial charge is 0.291 e. The number of nitrogens with zero attached hydrogens (tertiary/aromatic N) is 5. The molecule has 0 fully saturated rings. The van der Waals surface area contributed by atoms with E-state index in [4.69, 9.17) is 9.72 Å². The molecule has 162 valence electrons. The molecule has 8 nitrogen and oxygen atoms in total. The molecule has 8 heteroatoms. The molecular weight excluding hydrogens is 392 g/mol. The number of hydrogen-bond acceptors (Lipinski definition) is 6. The molecule has 1 aliphatic heterocycles. The van der Waals surface area contributed by atoms with Gasteiger partial charge in [0, 0.05) is 42.8 Å². The number of ether oxygens (including phenoxy) is 1. The molecule has 31 heavy (non-hydrogen) atoms. The minimum Gasteiger partial charge on any atom is -0.491 e. The van der Waals surface area contributed by atoms with Gasteiger partial charge in [-0.3, -0.25) is 4.79 Å². The summed E-state index contributed by atoms with van der Waals surface area (Å²) in [4.78, 5) is 28.6. The molecule has 0 atom stereocenters. The zero-order chi connectivity index (χ0) is 22.0. The van der Waals surface area contributed by atoms with Gasteiger partial charge in [0.05, 0.1) is 18.3 Å². The number of fused-ring (bicyclic) bond motifs is 1. The lowest BCUT2D eigenvalue weighted by Gasteiger charge is -2.27. The Labute approximate surface area is 182 Å². The van der Waals surface area contributed by atoms with Crippen molar-refractivity contribution in [3.8, 4) is 5.75 Å². The Morgan fingerprint density at radius 1 is 1.10 bits per heavy atom. The van der Waals surface area contributed by atoms with Crippen molar-refractivity contribution in [3.63, 3.8) is 0 Å². The Bertz CT molecular complexity index is 1040. The molecule has 3 aromatic rings. The van der Waals surface area contributed by atoms with Gasteiger partial charge in [-0.2, -0.15) is 0 Å². The van der Waals surface area contributed by atoms with Crippen molar-refractivity contribution >= 4 is 17.5 Å². The Morgan fingerprint density at radius 2 is 1.81 bits per heavy atom.